The fourth-order valence-electron chi connectivity index (χ4n) is 1.92. The van der Waals surface area contributed by atoms with E-state index in [0.717, 1.165) is 4.47 Å². The van der Waals surface area contributed by atoms with Gasteiger partial charge in [-0.05, 0) is 36.4 Å². The lowest BCUT2D eigenvalue weighted by Gasteiger charge is -2.06. The molecular weight excluding hydrogens is 445 g/mol. The number of methoxy groups -OCH3 is 1. The number of rotatable bonds is 6. The van der Waals surface area contributed by atoms with Gasteiger partial charge in [-0.1, -0.05) is 39.1 Å². The van der Waals surface area contributed by atoms with Crippen LogP contribution in [-0.4, -0.2) is 31.7 Å². The van der Waals surface area contributed by atoms with Gasteiger partial charge in [0.2, 0.25) is 0 Å². The highest BCUT2D eigenvalue weighted by atomic mass is 79.9. The van der Waals surface area contributed by atoms with Crippen molar-refractivity contribution in [2.75, 3.05) is 13.7 Å². The van der Waals surface area contributed by atoms with E-state index >= 15 is 0 Å². The third kappa shape index (κ3) is 5.72. The maximum atomic E-state index is 12.0. The average Bonchev–Trinajstić information content (AvgIpc) is 2.62. The quantitative estimate of drug-likeness (QED) is 0.512. The molecule has 2 aromatic rings. The number of halogens is 3. The molecule has 0 aliphatic heterocycles. The zero-order chi connectivity index (χ0) is 19.1. The minimum atomic E-state index is -0.483. The van der Waals surface area contributed by atoms with Gasteiger partial charge in [-0.2, -0.15) is 5.10 Å². The molecule has 0 bridgehead atoms. The minimum absolute atomic E-state index is 0.244. The standard InChI is InChI=1S/C17H14BrCl2N3O3/c1-26-15-5-3-12(18)6-11(15)8-22-23-16(24)9-21-17(25)10-2-4-13(19)14(20)7-10/h2-8H,9H2,1H3,(H,21,25)(H,23,24). The molecule has 0 spiro atoms. The Balaban J connectivity index is 1.88. The number of nitrogens with zero attached hydrogens (tertiary/aromatic N) is 1. The lowest BCUT2D eigenvalue weighted by atomic mass is 10.2. The smallest absolute Gasteiger partial charge is 0.259 e. The number of carbonyl (C=O) groups excluding carboxylic acids is 2. The van der Waals surface area contributed by atoms with E-state index < -0.39 is 11.8 Å². The van der Waals surface area contributed by atoms with Gasteiger partial charge < -0.3 is 10.1 Å². The second kappa shape index (κ2) is 9.56. The summed E-state index contributed by atoms with van der Waals surface area (Å²) >= 11 is 15.0. The van der Waals surface area contributed by atoms with Gasteiger partial charge in [0.25, 0.3) is 11.8 Å². The molecule has 0 aliphatic rings. The van der Waals surface area contributed by atoms with Crippen LogP contribution < -0.4 is 15.5 Å². The molecule has 2 aromatic carbocycles. The highest BCUT2D eigenvalue weighted by molar-refractivity contribution is 9.10. The van der Waals surface area contributed by atoms with Crippen molar-refractivity contribution in [1.82, 2.24) is 10.7 Å². The molecule has 136 valence electrons. The van der Waals surface area contributed by atoms with Crippen LogP contribution in [0.25, 0.3) is 0 Å². The van der Waals surface area contributed by atoms with Crippen LogP contribution in [-0.2, 0) is 4.79 Å². The third-order valence-electron chi connectivity index (χ3n) is 3.18. The molecule has 0 fully saturated rings. The predicted octanol–water partition coefficient (Wildman–Crippen LogP) is 3.64. The number of hydrogen-bond donors (Lipinski definition) is 2. The summed E-state index contributed by atoms with van der Waals surface area (Å²) < 4.78 is 6.05. The molecule has 0 unspecified atom stereocenters. The SMILES string of the molecule is COc1ccc(Br)cc1C=NNC(=O)CNC(=O)c1ccc(Cl)c(Cl)c1. The Hall–Kier alpha value is -2.09. The van der Waals surface area contributed by atoms with E-state index in [1.54, 1.807) is 12.1 Å². The van der Waals surface area contributed by atoms with E-state index in [9.17, 15) is 9.59 Å². The molecule has 0 aromatic heterocycles. The second-order valence-electron chi connectivity index (χ2n) is 4.99. The Bertz CT molecular complexity index is 859. The molecule has 2 rings (SSSR count). The lowest BCUT2D eigenvalue weighted by Crippen LogP contribution is -2.34. The van der Waals surface area contributed by atoms with E-state index in [1.165, 1.54) is 31.5 Å². The molecule has 2 N–H and O–H groups in total. The molecule has 0 aliphatic carbocycles. The van der Waals surface area contributed by atoms with E-state index in [1.807, 2.05) is 6.07 Å². The van der Waals surface area contributed by atoms with Crippen molar-refractivity contribution < 1.29 is 14.3 Å². The maximum absolute atomic E-state index is 12.0. The first-order chi connectivity index (χ1) is 12.4. The molecule has 0 atom stereocenters. The summed E-state index contributed by atoms with van der Waals surface area (Å²) in [7, 11) is 1.54. The number of nitrogens with one attached hydrogen (secondary N) is 2. The van der Waals surface area contributed by atoms with Gasteiger partial charge in [-0.15, -0.1) is 0 Å². The molecule has 9 heteroatoms. The van der Waals surface area contributed by atoms with E-state index in [0.29, 0.717) is 21.9 Å². The molecular formula is C17H14BrCl2N3O3. The van der Waals surface area contributed by atoms with Crippen molar-refractivity contribution in [3.8, 4) is 5.75 Å². The first-order valence-corrected chi connectivity index (χ1v) is 8.84. The lowest BCUT2D eigenvalue weighted by molar-refractivity contribution is -0.120. The second-order valence-corrected chi connectivity index (χ2v) is 6.72. The number of amides is 2. The maximum Gasteiger partial charge on any atom is 0.259 e. The summed E-state index contributed by atoms with van der Waals surface area (Å²) in [5, 5.41) is 6.93. The summed E-state index contributed by atoms with van der Waals surface area (Å²) in [5.74, 6) is -0.320. The summed E-state index contributed by atoms with van der Waals surface area (Å²) in [6.07, 6.45) is 1.45. The van der Waals surface area contributed by atoms with Crippen molar-refractivity contribution >= 4 is 57.2 Å². The zero-order valence-electron chi connectivity index (χ0n) is 13.6. The topological polar surface area (TPSA) is 79.8 Å². The van der Waals surface area contributed by atoms with Gasteiger partial charge in [-0.25, -0.2) is 5.43 Å². The number of hydrazone groups is 1. The monoisotopic (exact) mass is 457 g/mol. The van der Waals surface area contributed by atoms with E-state index in [2.05, 4.69) is 31.8 Å². The van der Waals surface area contributed by atoms with Crippen LogP contribution in [0.2, 0.25) is 10.0 Å². The number of hydrogen-bond acceptors (Lipinski definition) is 4. The highest BCUT2D eigenvalue weighted by Crippen LogP contribution is 2.22. The van der Waals surface area contributed by atoms with Gasteiger partial charge in [0, 0.05) is 15.6 Å². The molecule has 0 radical (unpaired) electrons. The van der Waals surface area contributed by atoms with Crippen LogP contribution in [0.5, 0.6) is 5.75 Å². The molecule has 0 heterocycles. The largest absolute Gasteiger partial charge is 0.496 e. The van der Waals surface area contributed by atoms with Crippen LogP contribution in [0.1, 0.15) is 15.9 Å². The zero-order valence-corrected chi connectivity index (χ0v) is 16.7. The Morgan fingerprint density at radius 2 is 1.96 bits per heavy atom. The fraction of sp³-hybridized carbons (Fsp3) is 0.118. The van der Waals surface area contributed by atoms with Gasteiger partial charge in [0.05, 0.1) is 29.9 Å². The van der Waals surface area contributed by atoms with Gasteiger partial charge in [-0.3, -0.25) is 9.59 Å². The Kier molecular flexibility index (Phi) is 7.44. The highest BCUT2D eigenvalue weighted by Gasteiger charge is 2.09. The van der Waals surface area contributed by atoms with Crippen molar-refractivity contribution in [1.29, 1.82) is 0 Å². The summed E-state index contributed by atoms with van der Waals surface area (Å²) in [6, 6.07) is 9.83. The summed E-state index contributed by atoms with van der Waals surface area (Å²) in [4.78, 5) is 23.8. The van der Waals surface area contributed by atoms with Crippen molar-refractivity contribution in [3.63, 3.8) is 0 Å². The number of ether oxygens (including phenoxy) is 1. The van der Waals surface area contributed by atoms with Crippen molar-refractivity contribution in [2.24, 2.45) is 5.10 Å². The van der Waals surface area contributed by atoms with Crippen molar-refractivity contribution in [3.05, 3.63) is 62.0 Å². The first kappa shape index (κ1) is 20.2. The number of carbonyl (C=O) groups is 2. The van der Waals surface area contributed by atoms with Crippen LogP contribution in [0.4, 0.5) is 0 Å². The fourth-order valence-corrected chi connectivity index (χ4v) is 2.60. The average molecular weight is 459 g/mol. The molecule has 2 amide bonds. The summed E-state index contributed by atoms with van der Waals surface area (Å²) in [5.41, 5.74) is 3.31. The van der Waals surface area contributed by atoms with Gasteiger partial charge >= 0.3 is 0 Å². The van der Waals surface area contributed by atoms with E-state index in [-0.39, 0.29) is 11.6 Å². The molecule has 0 saturated heterocycles. The Labute approximate surface area is 168 Å². The van der Waals surface area contributed by atoms with Crippen LogP contribution >= 0.6 is 39.1 Å². The molecule has 26 heavy (non-hydrogen) atoms. The van der Waals surface area contributed by atoms with Crippen molar-refractivity contribution in [2.45, 2.75) is 0 Å². The van der Waals surface area contributed by atoms with Crippen LogP contribution in [0.3, 0.4) is 0 Å². The predicted molar refractivity (Wildman–Crippen MR) is 105 cm³/mol. The molecule has 0 saturated carbocycles. The Morgan fingerprint density at radius 1 is 1.19 bits per heavy atom. The number of benzene rings is 2. The molecule has 6 nitrogen and oxygen atoms in total. The normalized spacial score (nSPS) is 10.6. The third-order valence-corrected chi connectivity index (χ3v) is 4.41. The Morgan fingerprint density at radius 3 is 2.65 bits per heavy atom. The van der Waals surface area contributed by atoms with E-state index in [4.69, 9.17) is 27.9 Å². The van der Waals surface area contributed by atoms with Crippen LogP contribution in [0, 0.1) is 0 Å². The van der Waals surface area contributed by atoms with Crippen LogP contribution in [0.15, 0.2) is 46.0 Å². The minimum Gasteiger partial charge on any atom is -0.496 e. The first-order valence-electron chi connectivity index (χ1n) is 7.29. The summed E-state index contributed by atoms with van der Waals surface area (Å²) in [6.45, 7) is -0.244. The van der Waals surface area contributed by atoms with Gasteiger partial charge in [0.1, 0.15) is 5.75 Å². The van der Waals surface area contributed by atoms with Gasteiger partial charge in [0.15, 0.2) is 0 Å².